The highest BCUT2D eigenvalue weighted by Gasteiger charge is 2.13. The van der Waals surface area contributed by atoms with E-state index in [9.17, 15) is 0 Å². The Hall–Kier alpha value is -0.870. The zero-order chi connectivity index (χ0) is 9.26. The van der Waals surface area contributed by atoms with E-state index in [1.54, 1.807) is 0 Å². The van der Waals surface area contributed by atoms with Crippen LogP contribution in [-0.2, 0) is 4.84 Å². The van der Waals surface area contributed by atoms with Crippen molar-refractivity contribution < 1.29 is 4.84 Å². The van der Waals surface area contributed by atoms with Gasteiger partial charge in [-0.25, -0.2) is 15.3 Å². The van der Waals surface area contributed by atoms with Gasteiger partial charge in [0.1, 0.15) is 0 Å². The Kier molecular flexibility index (Phi) is 2.33. The van der Waals surface area contributed by atoms with Crippen LogP contribution in [0.1, 0.15) is 12.5 Å². The first kappa shape index (κ1) is 8.72. The zero-order valence-electron chi connectivity index (χ0n) is 7.12. The van der Waals surface area contributed by atoms with Gasteiger partial charge in [0.25, 0.3) is 0 Å². The summed E-state index contributed by atoms with van der Waals surface area (Å²) < 4.78 is 1.06. The third-order valence-electron chi connectivity index (χ3n) is 1.75. The fourth-order valence-corrected chi connectivity index (χ4v) is 1.38. The predicted molar refractivity (Wildman–Crippen MR) is 54.4 cm³/mol. The highest BCUT2D eigenvalue weighted by atomic mass is 79.9. The normalized spacial score (nSPS) is 21.1. The first-order valence-electron chi connectivity index (χ1n) is 4.01. The molecule has 0 saturated carbocycles. The van der Waals surface area contributed by atoms with Crippen molar-refractivity contribution in [1.29, 1.82) is 0 Å². The van der Waals surface area contributed by atoms with E-state index >= 15 is 0 Å². The van der Waals surface area contributed by atoms with Crippen LogP contribution in [0.3, 0.4) is 0 Å². The molecule has 68 valence electrons. The Balaban J connectivity index is 2.26. The van der Waals surface area contributed by atoms with Gasteiger partial charge < -0.3 is 0 Å². The number of aliphatic imine (C=N–C) groups is 1. The van der Waals surface area contributed by atoms with Gasteiger partial charge in [-0.2, -0.15) is 0 Å². The molecule has 1 aliphatic heterocycles. The largest absolute Gasteiger partial charge is 0.248 e. The molecule has 0 radical (unpaired) electrons. The van der Waals surface area contributed by atoms with Crippen LogP contribution < -0.4 is 5.48 Å². The number of hydroxylamine groups is 1. The van der Waals surface area contributed by atoms with Crippen LogP contribution >= 0.6 is 15.9 Å². The maximum atomic E-state index is 5.08. The first-order chi connectivity index (χ1) is 6.25. The van der Waals surface area contributed by atoms with E-state index in [1.807, 2.05) is 31.2 Å². The molecule has 1 unspecified atom stereocenters. The number of hydrogen-bond donors (Lipinski definition) is 1. The van der Waals surface area contributed by atoms with Gasteiger partial charge in [0, 0.05) is 10.0 Å². The van der Waals surface area contributed by atoms with E-state index in [2.05, 4.69) is 26.4 Å². The Morgan fingerprint density at radius 2 is 2.08 bits per heavy atom. The molecule has 1 aromatic rings. The molecule has 4 heteroatoms. The van der Waals surface area contributed by atoms with Crippen molar-refractivity contribution in [3.63, 3.8) is 0 Å². The quantitative estimate of drug-likeness (QED) is 0.816. The predicted octanol–water partition coefficient (Wildman–Crippen LogP) is 2.08. The molecular weight excluding hydrogens is 232 g/mol. The van der Waals surface area contributed by atoms with E-state index < -0.39 is 0 Å². The molecule has 0 bridgehead atoms. The lowest BCUT2D eigenvalue weighted by Crippen LogP contribution is -2.18. The number of hydrogen-bond acceptors (Lipinski definition) is 3. The molecule has 1 heterocycles. The summed E-state index contributed by atoms with van der Waals surface area (Å²) in [6, 6.07) is 7.92. The maximum Gasteiger partial charge on any atom is 0.174 e. The average Bonchev–Trinajstić information content (AvgIpc) is 2.53. The molecule has 2 rings (SSSR count). The summed E-state index contributed by atoms with van der Waals surface area (Å²) in [4.78, 5) is 9.34. The molecule has 0 saturated heterocycles. The van der Waals surface area contributed by atoms with Crippen LogP contribution in [0.25, 0.3) is 0 Å². The second kappa shape index (κ2) is 3.47. The van der Waals surface area contributed by atoms with Crippen molar-refractivity contribution >= 4 is 21.8 Å². The number of rotatable bonds is 1. The van der Waals surface area contributed by atoms with Crippen LogP contribution in [-0.4, -0.2) is 12.1 Å². The minimum absolute atomic E-state index is 0.0985. The fraction of sp³-hybridized carbons (Fsp3) is 0.222. The summed E-state index contributed by atoms with van der Waals surface area (Å²) in [5.41, 5.74) is 3.81. The molecular formula is C9H9BrN2O. The highest BCUT2D eigenvalue weighted by molar-refractivity contribution is 9.10. The van der Waals surface area contributed by atoms with Gasteiger partial charge in [-0.1, -0.05) is 28.1 Å². The van der Waals surface area contributed by atoms with Crippen LogP contribution in [0.15, 0.2) is 33.7 Å². The third-order valence-corrected chi connectivity index (χ3v) is 2.28. The van der Waals surface area contributed by atoms with Gasteiger partial charge in [0.2, 0.25) is 0 Å². The topological polar surface area (TPSA) is 33.6 Å². The molecule has 1 N–H and O–H groups in total. The minimum Gasteiger partial charge on any atom is -0.248 e. The molecule has 3 nitrogen and oxygen atoms in total. The molecule has 0 aliphatic carbocycles. The lowest BCUT2D eigenvalue weighted by atomic mass is 10.2. The summed E-state index contributed by atoms with van der Waals surface area (Å²) >= 11 is 3.37. The summed E-state index contributed by atoms with van der Waals surface area (Å²) in [5.74, 6) is 0.792. The second-order valence-corrected chi connectivity index (χ2v) is 3.72. The number of amidine groups is 1. The number of nitrogens with one attached hydrogen (secondary N) is 1. The molecule has 1 aromatic carbocycles. The van der Waals surface area contributed by atoms with Crippen molar-refractivity contribution in [3.8, 4) is 0 Å². The average molecular weight is 241 g/mol. The van der Waals surface area contributed by atoms with Crippen molar-refractivity contribution in [2.45, 2.75) is 13.2 Å². The number of halogens is 1. The number of nitrogens with zero attached hydrogens (tertiary/aromatic N) is 1. The Bertz CT molecular complexity index is 334. The molecule has 0 amide bonds. The second-order valence-electron chi connectivity index (χ2n) is 2.80. The van der Waals surface area contributed by atoms with E-state index in [0.29, 0.717) is 0 Å². The summed E-state index contributed by atoms with van der Waals surface area (Å²) in [7, 11) is 0. The first-order valence-corrected chi connectivity index (χ1v) is 4.80. The molecule has 0 fully saturated rings. The standard InChI is InChI=1S/C9H9BrN2O/c1-6-11-9(12-13-6)7-2-4-8(10)5-3-7/h2-6H,1H3,(H,11,12). The van der Waals surface area contributed by atoms with Crippen LogP contribution in [0, 0.1) is 0 Å². The fourth-order valence-electron chi connectivity index (χ4n) is 1.12. The highest BCUT2D eigenvalue weighted by Crippen LogP contribution is 2.12. The minimum atomic E-state index is -0.0985. The van der Waals surface area contributed by atoms with E-state index in [0.717, 1.165) is 15.9 Å². The van der Waals surface area contributed by atoms with E-state index in [1.165, 1.54) is 0 Å². The molecule has 1 aliphatic rings. The van der Waals surface area contributed by atoms with Gasteiger partial charge in [0.05, 0.1) is 0 Å². The van der Waals surface area contributed by atoms with Gasteiger partial charge in [-0.05, 0) is 19.1 Å². The molecule has 0 aromatic heterocycles. The van der Waals surface area contributed by atoms with Crippen LogP contribution in [0.5, 0.6) is 0 Å². The Morgan fingerprint density at radius 3 is 2.62 bits per heavy atom. The molecule has 0 spiro atoms. The summed E-state index contributed by atoms with van der Waals surface area (Å²) in [6.45, 7) is 1.89. The van der Waals surface area contributed by atoms with Crippen LogP contribution in [0.2, 0.25) is 0 Å². The summed E-state index contributed by atoms with van der Waals surface area (Å²) in [6.07, 6.45) is -0.0985. The zero-order valence-corrected chi connectivity index (χ0v) is 8.71. The van der Waals surface area contributed by atoms with E-state index in [-0.39, 0.29) is 6.23 Å². The Morgan fingerprint density at radius 1 is 1.38 bits per heavy atom. The third kappa shape index (κ3) is 1.89. The Labute approximate surface area is 84.9 Å². The van der Waals surface area contributed by atoms with Crippen molar-refractivity contribution in [2.24, 2.45) is 4.99 Å². The lowest BCUT2D eigenvalue weighted by molar-refractivity contribution is 0.0504. The number of benzene rings is 1. The van der Waals surface area contributed by atoms with Gasteiger partial charge in [-0.15, -0.1) is 0 Å². The smallest absolute Gasteiger partial charge is 0.174 e. The van der Waals surface area contributed by atoms with Gasteiger partial charge >= 0.3 is 0 Å². The lowest BCUT2D eigenvalue weighted by Gasteiger charge is -2.00. The van der Waals surface area contributed by atoms with Crippen LogP contribution in [0.4, 0.5) is 0 Å². The summed E-state index contributed by atoms with van der Waals surface area (Å²) in [5, 5.41) is 0. The van der Waals surface area contributed by atoms with Gasteiger partial charge in [-0.3, -0.25) is 0 Å². The maximum absolute atomic E-state index is 5.08. The SMILES string of the molecule is CC1N=C(c2ccc(Br)cc2)NO1. The van der Waals surface area contributed by atoms with E-state index in [4.69, 9.17) is 4.84 Å². The van der Waals surface area contributed by atoms with Crippen molar-refractivity contribution in [2.75, 3.05) is 0 Å². The van der Waals surface area contributed by atoms with Gasteiger partial charge in [0.15, 0.2) is 12.1 Å². The monoisotopic (exact) mass is 240 g/mol. The molecule has 1 atom stereocenters. The van der Waals surface area contributed by atoms with Crippen molar-refractivity contribution in [3.05, 3.63) is 34.3 Å². The molecule has 13 heavy (non-hydrogen) atoms. The van der Waals surface area contributed by atoms with Crippen molar-refractivity contribution in [1.82, 2.24) is 5.48 Å².